The first-order valence-corrected chi connectivity index (χ1v) is 8.79. The molecular weight excluding hydrogens is 296 g/mol. The SMILES string of the molecule is CCNCc1ccc(S(=O)(=O)NC(C)c2ccsc2)o1. The summed E-state index contributed by atoms with van der Waals surface area (Å²) in [6, 6.07) is 4.77. The van der Waals surface area contributed by atoms with Crippen LogP contribution in [0, 0.1) is 0 Å². The van der Waals surface area contributed by atoms with Gasteiger partial charge in [0.25, 0.3) is 10.0 Å². The third kappa shape index (κ3) is 3.69. The second kappa shape index (κ2) is 6.53. The Morgan fingerprint density at radius 2 is 2.15 bits per heavy atom. The van der Waals surface area contributed by atoms with E-state index in [1.54, 1.807) is 6.07 Å². The summed E-state index contributed by atoms with van der Waals surface area (Å²) in [5.74, 6) is 0.607. The predicted molar refractivity (Wildman–Crippen MR) is 79.1 cm³/mol. The van der Waals surface area contributed by atoms with E-state index in [0.29, 0.717) is 12.3 Å². The zero-order valence-electron chi connectivity index (χ0n) is 11.4. The minimum atomic E-state index is -3.63. The van der Waals surface area contributed by atoms with Gasteiger partial charge in [-0.3, -0.25) is 0 Å². The van der Waals surface area contributed by atoms with Crippen LogP contribution >= 0.6 is 11.3 Å². The summed E-state index contributed by atoms with van der Waals surface area (Å²) in [6.07, 6.45) is 0. The fraction of sp³-hybridized carbons (Fsp3) is 0.385. The summed E-state index contributed by atoms with van der Waals surface area (Å²) in [7, 11) is -3.63. The Morgan fingerprint density at radius 1 is 1.35 bits per heavy atom. The molecule has 0 aliphatic carbocycles. The molecule has 2 aromatic heterocycles. The molecule has 0 aliphatic rings. The van der Waals surface area contributed by atoms with E-state index in [1.165, 1.54) is 17.4 Å². The normalized spacial score (nSPS) is 13.5. The molecule has 1 unspecified atom stereocenters. The van der Waals surface area contributed by atoms with E-state index < -0.39 is 10.0 Å². The van der Waals surface area contributed by atoms with Crippen molar-refractivity contribution in [1.82, 2.24) is 10.0 Å². The van der Waals surface area contributed by atoms with Crippen molar-refractivity contribution in [2.45, 2.75) is 31.5 Å². The molecule has 2 aromatic rings. The van der Waals surface area contributed by atoms with Crippen molar-refractivity contribution in [2.75, 3.05) is 6.54 Å². The monoisotopic (exact) mass is 314 g/mol. The first-order chi connectivity index (χ1) is 9.53. The van der Waals surface area contributed by atoms with Crippen LogP contribution in [0.1, 0.15) is 31.2 Å². The summed E-state index contributed by atoms with van der Waals surface area (Å²) in [5, 5.41) is 6.88. The van der Waals surface area contributed by atoms with Crippen LogP contribution in [0.15, 0.2) is 38.5 Å². The van der Waals surface area contributed by atoms with E-state index in [1.807, 2.05) is 30.7 Å². The predicted octanol–water partition coefficient (Wildman–Crippen LogP) is 2.49. The van der Waals surface area contributed by atoms with Gasteiger partial charge in [-0.1, -0.05) is 6.92 Å². The second-order valence-electron chi connectivity index (χ2n) is 4.40. The van der Waals surface area contributed by atoms with E-state index in [-0.39, 0.29) is 11.1 Å². The minimum Gasteiger partial charge on any atom is -0.447 e. The van der Waals surface area contributed by atoms with Crippen LogP contribution in [0.4, 0.5) is 0 Å². The van der Waals surface area contributed by atoms with Crippen LogP contribution in [0.5, 0.6) is 0 Å². The van der Waals surface area contributed by atoms with Crippen molar-refractivity contribution in [3.63, 3.8) is 0 Å². The molecule has 0 aromatic carbocycles. The summed E-state index contributed by atoms with van der Waals surface area (Å²) in [6.45, 7) is 5.11. The van der Waals surface area contributed by atoms with Crippen molar-refractivity contribution < 1.29 is 12.8 Å². The molecule has 1 atom stereocenters. The van der Waals surface area contributed by atoms with E-state index in [2.05, 4.69) is 10.0 Å². The number of hydrogen-bond donors (Lipinski definition) is 2. The quantitative estimate of drug-likeness (QED) is 0.823. The lowest BCUT2D eigenvalue weighted by atomic mass is 10.2. The molecule has 0 bridgehead atoms. The third-order valence-corrected chi connectivity index (χ3v) is 4.94. The largest absolute Gasteiger partial charge is 0.447 e. The summed E-state index contributed by atoms with van der Waals surface area (Å²) in [4.78, 5) is 0. The molecule has 0 aliphatic heterocycles. The number of sulfonamides is 1. The van der Waals surface area contributed by atoms with Crippen LogP contribution in [0.3, 0.4) is 0 Å². The van der Waals surface area contributed by atoms with Gasteiger partial charge in [0.1, 0.15) is 5.76 Å². The Kier molecular flexibility index (Phi) is 4.98. The first kappa shape index (κ1) is 15.2. The molecule has 2 rings (SSSR count). The smallest absolute Gasteiger partial charge is 0.274 e. The van der Waals surface area contributed by atoms with Gasteiger partial charge in [0.15, 0.2) is 0 Å². The third-order valence-electron chi connectivity index (χ3n) is 2.83. The Morgan fingerprint density at radius 3 is 2.80 bits per heavy atom. The highest BCUT2D eigenvalue weighted by Crippen LogP contribution is 2.20. The molecule has 2 N–H and O–H groups in total. The van der Waals surface area contributed by atoms with Crippen molar-refractivity contribution in [1.29, 1.82) is 0 Å². The van der Waals surface area contributed by atoms with Gasteiger partial charge in [0.05, 0.1) is 6.54 Å². The van der Waals surface area contributed by atoms with Crippen molar-refractivity contribution in [2.24, 2.45) is 0 Å². The van der Waals surface area contributed by atoms with Crippen molar-refractivity contribution in [3.05, 3.63) is 40.3 Å². The average Bonchev–Trinajstić information content (AvgIpc) is 3.07. The Hall–Kier alpha value is -1.15. The van der Waals surface area contributed by atoms with Crippen LogP contribution in [-0.4, -0.2) is 15.0 Å². The highest BCUT2D eigenvalue weighted by molar-refractivity contribution is 7.89. The van der Waals surface area contributed by atoms with Crippen molar-refractivity contribution in [3.8, 4) is 0 Å². The number of thiophene rings is 1. The van der Waals surface area contributed by atoms with E-state index >= 15 is 0 Å². The fourth-order valence-electron chi connectivity index (χ4n) is 1.73. The van der Waals surface area contributed by atoms with Crippen LogP contribution in [0.2, 0.25) is 0 Å². The minimum absolute atomic E-state index is 0.0486. The lowest BCUT2D eigenvalue weighted by Crippen LogP contribution is -2.26. The maximum absolute atomic E-state index is 12.2. The lowest BCUT2D eigenvalue weighted by Gasteiger charge is -2.11. The van der Waals surface area contributed by atoms with Gasteiger partial charge in [-0.05, 0) is 48.0 Å². The van der Waals surface area contributed by atoms with Crippen LogP contribution in [-0.2, 0) is 16.6 Å². The zero-order valence-corrected chi connectivity index (χ0v) is 13.1. The van der Waals surface area contributed by atoms with Gasteiger partial charge in [0, 0.05) is 6.04 Å². The summed E-state index contributed by atoms with van der Waals surface area (Å²) in [5.41, 5.74) is 0.943. The average molecular weight is 314 g/mol. The molecule has 0 saturated carbocycles. The first-order valence-electron chi connectivity index (χ1n) is 6.37. The molecule has 0 amide bonds. The maximum atomic E-state index is 12.2. The molecule has 0 fully saturated rings. The summed E-state index contributed by atoms with van der Waals surface area (Å²) >= 11 is 1.54. The van der Waals surface area contributed by atoms with Gasteiger partial charge >= 0.3 is 0 Å². The van der Waals surface area contributed by atoms with Gasteiger partial charge in [-0.15, -0.1) is 0 Å². The molecule has 2 heterocycles. The van der Waals surface area contributed by atoms with Crippen LogP contribution < -0.4 is 10.0 Å². The van der Waals surface area contributed by atoms with E-state index in [9.17, 15) is 8.42 Å². The van der Waals surface area contributed by atoms with Crippen molar-refractivity contribution >= 4 is 21.4 Å². The second-order valence-corrected chi connectivity index (χ2v) is 6.83. The molecule has 20 heavy (non-hydrogen) atoms. The van der Waals surface area contributed by atoms with Gasteiger partial charge in [-0.2, -0.15) is 11.3 Å². The van der Waals surface area contributed by atoms with E-state index in [0.717, 1.165) is 12.1 Å². The van der Waals surface area contributed by atoms with Gasteiger partial charge in [0.2, 0.25) is 5.09 Å². The molecule has 0 spiro atoms. The number of rotatable bonds is 7. The molecule has 0 radical (unpaired) electrons. The zero-order chi connectivity index (χ0) is 14.6. The molecule has 7 heteroatoms. The number of furan rings is 1. The van der Waals surface area contributed by atoms with E-state index in [4.69, 9.17) is 4.42 Å². The molecule has 110 valence electrons. The number of hydrogen-bond acceptors (Lipinski definition) is 5. The lowest BCUT2D eigenvalue weighted by molar-refractivity contribution is 0.400. The Bertz CT molecular complexity index is 632. The highest BCUT2D eigenvalue weighted by atomic mass is 32.2. The number of nitrogens with one attached hydrogen (secondary N) is 2. The van der Waals surface area contributed by atoms with Gasteiger partial charge < -0.3 is 9.73 Å². The maximum Gasteiger partial charge on any atom is 0.274 e. The summed E-state index contributed by atoms with van der Waals surface area (Å²) < 4.78 is 32.4. The molecule has 5 nitrogen and oxygen atoms in total. The standard InChI is InChI=1S/C13H18N2O3S2/c1-3-14-8-12-4-5-13(18-12)20(16,17)15-10(2)11-6-7-19-9-11/h4-7,9-10,14-15H,3,8H2,1-2H3. The van der Waals surface area contributed by atoms with Gasteiger partial charge in [-0.25, -0.2) is 13.1 Å². The Balaban J connectivity index is 2.08. The molecular formula is C13H18N2O3S2. The Labute approximate surface area is 123 Å². The van der Waals surface area contributed by atoms with Crippen LogP contribution in [0.25, 0.3) is 0 Å². The fourth-order valence-corrected chi connectivity index (χ4v) is 3.66. The molecule has 0 saturated heterocycles. The highest BCUT2D eigenvalue weighted by Gasteiger charge is 2.22. The topological polar surface area (TPSA) is 71.3 Å².